The van der Waals surface area contributed by atoms with Crippen LogP contribution in [0.15, 0.2) is 102 Å². The van der Waals surface area contributed by atoms with Crippen LogP contribution >= 0.6 is 0 Å². The maximum atomic E-state index is 11.8. The fourth-order valence-electron chi connectivity index (χ4n) is 3.58. The van der Waals surface area contributed by atoms with Gasteiger partial charge in [0.2, 0.25) is 0 Å². The first kappa shape index (κ1) is 18.5. The van der Waals surface area contributed by atoms with Crippen LogP contribution in [-0.4, -0.2) is 17.1 Å². The molecular weight excluding hydrogens is 362 g/mol. The molecule has 0 aliphatic heterocycles. The summed E-state index contributed by atoms with van der Waals surface area (Å²) >= 11 is 0. The fourth-order valence-corrected chi connectivity index (χ4v) is 3.58. The molecule has 0 aliphatic rings. The van der Waals surface area contributed by atoms with Gasteiger partial charge in [-0.15, -0.1) is 0 Å². The zero-order valence-electron chi connectivity index (χ0n) is 16.0. The standard InChI is InChI=1S/C24H21N3O2/c1-29-21-14-12-20(13-15-21)24(18-8-4-2-5-9-18,19-10-6-3-7-11-19)27-22-16-17-25-23(28)26-22/h2-17H,1H3,(H2,25,26,27,28). The second-order valence-corrected chi connectivity index (χ2v) is 6.62. The van der Waals surface area contributed by atoms with Gasteiger partial charge in [0.1, 0.15) is 17.1 Å². The lowest BCUT2D eigenvalue weighted by atomic mass is 9.77. The smallest absolute Gasteiger partial charge is 0.346 e. The molecule has 0 bridgehead atoms. The predicted molar refractivity (Wildman–Crippen MR) is 114 cm³/mol. The number of H-pyrrole nitrogens is 1. The second kappa shape index (κ2) is 8.02. The van der Waals surface area contributed by atoms with Crippen molar-refractivity contribution < 1.29 is 4.74 Å². The normalized spacial score (nSPS) is 11.1. The highest BCUT2D eigenvalue weighted by Gasteiger charge is 2.36. The molecule has 1 aromatic heterocycles. The molecule has 4 aromatic rings. The quantitative estimate of drug-likeness (QED) is 0.490. The van der Waals surface area contributed by atoms with Crippen molar-refractivity contribution in [1.82, 2.24) is 9.97 Å². The van der Waals surface area contributed by atoms with Gasteiger partial charge < -0.3 is 10.1 Å². The van der Waals surface area contributed by atoms with Crippen LogP contribution in [-0.2, 0) is 5.54 Å². The lowest BCUT2D eigenvalue weighted by Crippen LogP contribution is -2.39. The molecule has 0 atom stereocenters. The van der Waals surface area contributed by atoms with Crippen molar-refractivity contribution in [2.75, 3.05) is 12.4 Å². The minimum absolute atomic E-state index is 0.403. The number of rotatable bonds is 6. The molecule has 0 spiro atoms. The van der Waals surface area contributed by atoms with Gasteiger partial charge in [0.15, 0.2) is 0 Å². The van der Waals surface area contributed by atoms with E-state index < -0.39 is 11.2 Å². The van der Waals surface area contributed by atoms with Crippen LogP contribution in [0.25, 0.3) is 0 Å². The number of nitrogens with zero attached hydrogens (tertiary/aromatic N) is 1. The van der Waals surface area contributed by atoms with Gasteiger partial charge in [0, 0.05) is 6.20 Å². The van der Waals surface area contributed by atoms with E-state index in [9.17, 15) is 4.79 Å². The molecule has 4 rings (SSSR count). The van der Waals surface area contributed by atoms with Gasteiger partial charge >= 0.3 is 5.69 Å². The summed E-state index contributed by atoms with van der Waals surface area (Å²) in [6, 6.07) is 30.0. The molecule has 29 heavy (non-hydrogen) atoms. The molecule has 2 N–H and O–H groups in total. The van der Waals surface area contributed by atoms with E-state index in [1.165, 1.54) is 6.20 Å². The summed E-state index contributed by atoms with van der Waals surface area (Å²) in [5.41, 5.74) is 1.94. The van der Waals surface area contributed by atoms with E-state index in [4.69, 9.17) is 4.74 Å². The summed E-state index contributed by atoms with van der Waals surface area (Å²) in [4.78, 5) is 18.4. The number of benzene rings is 3. The van der Waals surface area contributed by atoms with Gasteiger partial charge in [-0.2, -0.15) is 0 Å². The van der Waals surface area contributed by atoms with Crippen LogP contribution < -0.4 is 15.7 Å². The zero-order valence-corrected chi connectivity index (χ0v) is 16.0. The van der Waals surface area contributed by atoms with Gasteiger partial charge in [0.25, 0.3) is 0 Å². The first-order valence-corrected chi connectivity index (χ1v) is 9.31. The Bertz CT molecular complexity index is 1080. The van der Waals surface area contributed by atoms with Gasteiger partial charge in [-0.05, 0) is 34.9 Å². The predicted octanol–water partition coefficient (Wildman–Crippen LogP) is 4.18. The maximum absolute atomic E-state index is 11.8. The minimum Gasteiger partial charge on any atom is -0.497 e. The highest BCUT2D eigenvalue weighted by Crippen LogP contribution is 2.40. The van der Waals surface area contributed by atoms with E-state index in [2.05, 4.69) is 39.6 Å². The summed E-state index contributed by atoms with van der Waals surface area (Å²) in [6.07, 6.45) is 1.50. The van der Waals surface area contributed by atoms with Crippen molar-refractivity contribution in [1.29, 1.82) is 0 Å². The first-order valence-electron chi connectivity index (χ1n) is 9.31. The van der Waals surface area contributed by atoms with Crippen molar-refractivity contribution in [3.63, 3.8) is 0 Å². The zero-order chi connectivity index (χ0) is 20.1. The fraction of sp³-hybridized carbons (Fsp3) is 0.0833. The molecule has 5 nitrogen and oxygen atoms in total. The Hall–Kier alpha value is -3.86. The highest BCUT2D eigenvalue weighted by atomic mass is 16.5. The lowest BCUT2D eigenvalue weighted by molar-refractivity contribution is 0.414. The number of nitrogens with one attached hydrogen (secondary N) is 2. The van der Waals surface area contributed by atoms with Crippen molar-refractivity contribution in [3.05, 3.63) is 124 Å². The number of hydrogen-bond donors (Lipinski definition) is 2. The van der Waals surface area contributed by atoms with Crippen LogP contribution in [0, 0.1) is 0 Å². The second-order valence-electron chi connectivity index (χ2n) is 6.62. The Kier molecular flexibility index (Phi) is 5.12. The number of hydrogen-bond acceptors (Lipinski definition) is 4. The number of aromatic nitrogens is 2. The van der Waals surface area contributed by atoms with Crippen LogP contribution in [0.5, 0.6) is 5.75 Å². The third kappa shape index (κ3) is 3.62. The van der Waals surface area contributed by atoms with E-state index in [0.29, 0.717) is 5.82 Å². The van der Waals surface area contributed by atoms with Crippen LogP contribution in [0.3, 0.4) is 0 Å². The average Bonchev–Trinajstić information content (AvgIpc) is 2.79. The maximum Gasteiger partial charge on any atom is 0.346 e. The van der Waals surface area contributed by atoms with Crippen molar-refractivity contribution >= 4 is 5.82 Å². The van der Waals surface area contributed by atoms with Crippen LogP contribution in [0.1, 0.15) is 16.7 Å². The average molecular weight is 383 g/mol. The third-order valence-corrected chi connectivity index (χ3v) is 4.93. The molecule has 0 fully saturated rings. The number of ether oxygens (including phenoxy) is 1. The highest BCUT2D eigenvalue weighted by molar-refractivity contribution is 5.58. The molecule has 3 aromatic carbocycles. The van der Waals surface area contributed by atoms with E-state index in [0.717, 1.165) is 22.4 Å². The summed E-state index contributed by atoms with van der Waals surface area (Å²) in [6.45, 7) is 0. The van der Waals surface area contributed by atoms with Crippen molar-refractivity contribution in [3.8, 4) is 5.75 Å². The summed E-state index contributed by atoms with van der Waals surface area (Å²) in [7, 11) is 1.65. The molecule has 0 saturated carbocycles. The van der Waals surface area contributed by atoms with E-state index >= 15 is 0 Å². The number of aromatic amines is 1. The summed E-state index contributed by atoms with van der Waals surface area (Å²) < 4.78 is 5.35. The molecule has 0 unspecified atom stereocenters. The first-order chi connectivity index (χ1) is 14.2. The largest absolute Gasteiger partial charge is 0.497 e. The Balaban J connectivity index is 2.00. The Morgan fingerprint density at radius 1 is 0.793 bits per heavy atom. The van der Waals surface area contributed by atoms with Crippen molar-refractivity contribution in [2.45, 2.75) is 5.54 Å². The SMILES string of the molecule is COc1ccc(C(Nc2ccnc(=O)[nH]2)(c2ccccc2)c2ccccc2)cc1. The minimum atomic E-state index is -0.737. The van der Waals surface area contributed by atoms with Gasteiger partial charge in [0.05, 0.1) is 7.11 Å². The molecule has 0 aliphatic carbocycles. The van der Waals surface area contributed by atoms with E-state index in [1.807, 2.05) is 60.7 Å². The van der Waals surface area contributed by atoms with Crippen LogP contribution in [0.4, 0.5) is 5.82 Å². The molecule has 0 amide bonds. The van der Waals surface area contributed by atoms with E-state index in [-0.39, 0.29) is 0 Å². The summed E-state index contributed by atoms with van der Waals surface area (Å²) in [5, 5.41) is 3.58. The molecule has 144 valence electrons. The molecule has 0 saturated heterocycles. The third-order valence-electron chi connectivity index (χ3n) is 4.93. The summed E-state index contributed by atoms with van der Waals surface area (Å²) in [5.74, 6) is 1.36. The molecule has 5 heteroatoms. The number of anilines is 1. The Labute approximate surface area is 169 Å². The topological polar surface area (TPSA) is 67.0 Å². The van der Waals surface area contributed by atoms with Gasteiger partial charge in [-0.1, -0.05) is 72.8 Å². The lowest BCUT2D eigenvalue weighted by Gasteiger charge is -2.37. The number of methoxy groups -OCH3 is 1. The Morgan fingerprint density at radius 2 is 1.34 bits per heavy atom. The molecular formula is C24H21N3O2. The van der Waals surface area contributed by atoms with Gasteiger partial charge in [-0.25, -0.2) is 9.78 Å². The van der Waals surface area contributed by atoms with Crippen LogP contribution in [0.2, 0.25) is 0 Å². The Morgan fingerprint density at radius 3 is 1.86 bits per heavy atom. The molecule has 0 radical (unpaired) electrons. The van der Waals surface area contributed by atoms with Gasteiger partial charge in [-0.3, -0.25) is 4.98 Å². The monoisotopic (exact) mass is 383 g/mol. The van der Waals surface area contributed by atoms with Crippen molar-refractivity contribution in [2.24, 2.45) is 0 Å². The van der Waals surface area contributed by atoms with E-state index in [1.54, 1.807) is 13.2 Å². The molecule has 1 heterocycles.